The Hall–Kier alpha value is -2.40. The molecule has 0 aliphatic rings. The summed E-state index contributed by atoms with van der Waals surface area (Å²) < 4.78 is 11.2. The summed E-state index contributed by atoms with van der Waals surface area (Å²) in [5.41, 5.74) is 7.73. The number of aryl methyl sites for hydroxylation is 1. The molecule has 2 aromatic rings. The van der Waals surface area contributed by atoms with E-state index in [-0.39, 0.29) is 35.4 Å². The van der Waals surface area contributed by atoms with Crippen LogP contribution in [0.2, 0.25) is 0 Å². The van der Waals surface area contributed by atoms with Gasteiger partial charge in [-0.15, -0.1) is 0 Å². The van der Waals surface area contributed by atoms with Gasteiger partial charge < -0.3 is 15.2 Å². The molecule has 0 aliphatic carbocycles. The summed E-state index contributed by atoms with van der Waals surface area (Å²) in [6, 6.07) is 7.70. The predicted octanol–water partition coefficient (Wildman–Crippen LogP) is 4.33. The van der Waals surface area contributed by atoms with Crippen molar-refractivity contribution in [2.24, 2.45) is 17.6 Å². The maximum absolute atomic E-state index is 12.3. The number of hydrogen-bond acceptors (Lipinski definition) is 5. The van der Waals surface area contributed by atoms with E-state index >= 15 is 0 Å². The summed E-state index contributed by atoms with van der Waals surface area (Å²) >= 11 is 0. The van der Waals surface area contributed by atoms with E-state index < -0.39 is 0 Å². The van der Waals surface area contributed by atoms with Crippen molar-refractivity contribution in [3.8, 4) is 11.5 Å². The third-order valence-electron chi connectivity index (χ3n) is 4.60. The predicted molar refractivity (Wildman–Crippen MR) is 107 cm³/mol. The molecule has 0 aromatic heterocycles. The Morgan fingerprint density at radius 2 is 1.59 bits per heavy atom. The first-order chi connectivity index (χ1) is 12.7. The van der Waals surface area contributed by atoms with Crippen LogP contribution in [0.15, 0.2) is 24.3 Å². The number of hydrogen-bond donors (Lipinski definition) is 1. The standard InChI is InChI=1S/C22H29NO4/c1-12(2)21(24)26-18-10-16-8-7-9-17(14(5)11-23)19(16)15(6)20(18)27-22(25)13(3)4/h7-10,12-14H,11,23H2,1-6H3. The first kappa shape index (κ1) is 20.9. The average Bonchev–Trinajstić information content (AvgIpc) is 2.63. The second-order valence-electron chi connectivity index (χ2n) is 7.56. The lowest BCUT2D eigenvalue weighted by Crippen LogP contribution is -2.19. The van der Waals surface area contributed by atoms with Crippen LogP contribution in [0.3, 0.4) is 0 Å². The Balaban J connectivity index is 2.72. The van der Waals surface area contributed by atoms with Crippen LogP contribution in [0.25, 0.3) is 10.8 Å². The van der Waals surface area contributed by atoms with Gasteiger partial charge in [0.25, 0.3) is 0 Å². The molecule has 0 heterocycles. The third-order valence-corrected chi connectivity index (χ3v) is 4.60. The van der Waals surface area contributed by atoms with Gasteiger partial charge in [-0.05, 0) is 41.8 Å². The molecular weight excluding hydrogens is 342 g/mol. The highest BCUT2D eigenvalue weighted by atomic mass is 16.6. The van der Waals surface area contributed by atoms with Gasteiger partial charge in [-0.1, -0.05) is 52.8 Å². The van der Waals surface area contributed by atoms with Crippen molar-refractivity contribution in [2.75, 3.05) is 6.54 Å². The normalized spacial score (nSPS) is 12.5. The van der Waals surface area contributed by atoms with Gasteiger partial charge in [0.05, 0.1) is 11.8 Å². The maximum atomic E-state index is 12.3. The van der Waals surface area contributed by atoms with Gasteiger partial charge in [0.2, 0.25) is 0 Å². The first-order valence-electron chi connectivity index (χ1n) is 9.37. The molecule has 0 bridgehead atoms. The molecule has 1 atom stereocenters. The van der Waals surface area contributed by atoms with E-state index in [1.807, 2.05) is 25.1 Å². The topological polar surface area (TPSA) is 78.6 Å². The molecule has 2 aromatic carbocycles. The molecule has 2 N–H and O–H groups in total. The smallest absolute Gasteiger partial charge is 0.313 e. The highest BCUT2D eigenvalue weighted by molar-refractivity contribution is 5.94. The second kappa shape index (κ2) is 8.53. The van der Waals surface area contributed by atoms with Crippen LogP contribution in [0, 0.1) is 18.8 Å². The van der Waals surface area contributed by atoms with Crippen LogP contribution in [0.5, 0.6) is 11.5 Å². The number of ether oxygens (including phenoxy) is 2. The van der Waals surface area contributed by atoms with Crippen molar-refractivity contribution >= 4 is 22.7 Å². The molecule has 0 amide bonds. The van der Waals surface area contributed by atoms with E-state index in [4.69, 9.17) is 15.2 Å². The van der Waals surface area contributed by atoms with Crippen LogP contribution in [0.4, 0.5) is 0 Å². The molecule has 0 radical (unpaired) electrons. The summed E-state index contributed by atoms with van der Waals surface area (Å²) in [5, 5.41) is 1.90. The van der Waals surface area contributed by atoms with Crippen LogP contribution in [-0.2, 0) is 9.59 Å². The summed E-state index contributed by atoms with van der Waals surface area (Å²) in [4.78, 5) is 24.4. The first-order valence-corrected chi connectivity index (χ1v) is 9.37. The van der Waals surface area contributed by atoms with Gasteiger partial charge in [-0.25, -0.2) is 0 Å². The molecule has 0 fully saturated rings. The third kappa shape index (κ3) is 4.48. The van der Waals surface area contributed by atoms with E-state index in [1.54, 1.807) is 33.8 Å². The fourth-order valence-corrected chi connectivity index (χ4v) is 2.83. The molecular formula is C22H29NO4. The number of carbonyl (C=O) groups excluding carboxylic acids is 2. The lowest BCUT2D eigenvalue weighted by molar-refractivity contribution is -0.140. The Bertz CT molecular complexity index is 855. The highest BCUT2D eigenvalue weighted by Gasteiger charge is 2.23. The van der Waals surface area contributed by atoms with Crippen LogP contribution >= 0.6 is 0 Å². The molecule has 1 unspecified atom stereocenters. The highest BCUT2D eigenvalue weighted by Crippen LogP contribution is 2.40. The van der Waals surface area contributed by atoms with E-state index in [9.17, 15) is 9.59 Å². The Morgan fingerprint density at radius 3 is 2.15 bits per heavy atom. The zero-order chi connectivity index (χ0) is 20.3. The van der Waals surface area contributed by atoms with Gasteiger partial charge in [0, 0.05) is 5.56 Å². The van der Waals surface area contributed by atoms with Gasteiger partial charge in [-0.2, -0.15) is 0 Å². The fraction of sp³-hybridized carbons (Fsp3) is 0.455. The molecule has 0 spiro atoms. The second-order valence-corrected chi connectivity index (χ2v) is 7.56. The van der Waals surface area contributed by atoms with Crippen molar-refractivity contribution in [1.82, 2.24) is 0 Å². The number of nitrogens with two attached hydrogens (primary N) is 1. The summed E-state index contributed by atoms with van der Waals surface area (Å²) in [6.45, 7) is 11.5. The number of rotatable bonds is 6. The summed E-state index contributed by atoms with van der Waals surface area (Å²) in [5.74, 6) is -0.627. The summed E-state index contributed by atoms with van der Waals surface area (Å²) in [7, 11) is 0. The average molecular weight is 371 g/mol. The zero-order valence-electron chi connectivity index (χ0n) is 17.0. The van der Waals surface area contributed by atoms with Gasteiger partial charge >= 0.3 is 11.9 Å². The van der Waals surface area contributed by atoms with Gasteiger partial charge in [0.15, 0.2) is 11.5 Å². The number of carbonyl (C=O) groups is 2. The van der Waals surface area contributed by atoms with E-state index in [0.29, 0.717) is 12.3 Å². The van der Waals surface area contributed by atoms with Gasteiger partial charge in [0.1, 0.15) is 0 Å². The minimum atomic E-state index is -0.373. The van der Waals surface area contributed by atoms with E-state index in [2.05, 4.69) is 6.92 Å². The van der Waals surface area contributed by atoms with Crippen LogP contribution in [-0.4, -0.2) is 18.5 Å². The van der Waals surface area contributed by atoms with Gasteiger partial charge in [-0.3, -0.25) is 9.59 Å². The molecule has 5 nitrogen and oxygen atoms in total. The lowest BCUT2D eigenvalue weighted by atomic mass is 9.91. The fourth-order valence-electron chi connectivity index (χ4n) is 2.83. The molecule has 146 valence electrons. The van der Waals surface area contributed by atoms with E-state index in [1.165, 1.54) is 0 Å². The SMILES string of the molecule is Cc1c(OC(=O)C(C)C)c(OC(=O)C(C)C)cc2cccc(C(C)CN)c12. The molecule has 5 heteroatoms. The van der Waals surface area contributed by atoms with Crippen molar-refractivity contribution < 1.29 is 19.1 Å². The zero-order valence-corrected chi connectivity index (χ0v) is 17.0. The number of benzene rings is 2. The van der Waals surface area contributed by atoms with Crippen molar-refractivity contribution in [3.05, 3.63) is 35.4 Å². The number of fused-ring (bicyclic) bond motifs is 1. The Kier molecular flexibility index (Phi) is 6.60. The molecule has 27 heavy (non-hydrogen) atoms. The summed E-state index contributed by atoms with van der Waals surface area (Å²) in [6.07, 6.45) is 0. The Morgan fingerprint density at radius 1 is 1.00 bits per heavy atom. The molecule has 0 aliphatic heterocycles. The van der Waals surface area contributed by atoms with Crippen LogP contribution in [0.1, 0.15) is 51.7 Å². The molecule has 0 saturated heterocycles. The van der Waals surface area contributed by atoms with E-state index in [0.717, 1.165) is 21.9 Å². The molecule has 0 saturated carbocycles. The maximum Gasteiger partial charge on any atom is 0.313 e. The lowest BCUT2D eigenvalue weighted by Gasteiger charge is -2.20. The van der Waals surface area contributed by atoms with Crippen molar-refractivity contribution in [1.29, 1.82) is 0 Å². The number of esters is 2. The largest absolute Gasteiger partial charge is 0.422 e. The minimum absolute atomic E-state index is 0.144. The molecule has 2 rings (SSSR count). The van der Waals surface area contributed by atoms with Crippen molar-refractivity contribution in [3.63, 3.8) is 0 Å². The van der Waals surface area contributed by atoms with Crippen LogP contribution < -0.4 is 15.2 Å². The van der Waals surface area contributed by atoms with Crippen molar-refractivity contribution in [2.45, 2.75) is 47.5 Å². The Labute approximate surface area is 160 Å². The minimum Gasteiger partial charge on any atom is -0.422 e. The monoisotopic (exact) mass is 371 g/mol. The quantitative estimate of drug-likeness (QED) is 0.604.